The van der Waals surface area contributed by atoms with Gasteiger partial charge in [-0.15, -0.1) is 0 Å². The van der Waals surface area contributed by atoms with Gasteiger partial charge in [0, 0.05) is 5.56 Å². The third-order valence-electron chi connectivity index (χ3n) is 3.39. The number of carboxylic acids is 1. The molecule has 1 fully saturated rings. The number of methoxy groups -OCH3 is 1. The molecule has 0 heterocycles. The Bertz CT molecular complexity index is 467. The number of benzene rings is 1. The summed E-state index contributed by atoms with van der Waals surface area (Å²) in [6, 6.07) is 2.24. The van der Waals surface area contributed by atoms with Gasteiger partial charge in [0.15, 0.2) is 11.6 Å². The summed E-state index contributed by atoms with van der Waals surface area (Å²) in [6.45, 7) is 0. The molecule has 0 spiro atoms. The molecule has 1 aliphatic carbocycles. The van der Waals surface area contributed by atoms with Gasteiger partial charge in [-0.3, -0.25) is 4.79 Å². The van der Waals surface area contributed by atoms with Gasteiger partial charge in [0.2, 0.25) is 5.82 Å². The number of aliphatic carboxylic acids is 1. The molecule has 1 saturated carbocycles. The summed E-state index contributed by atoms with van der Waals surface area (Å²) in [5.41, 5.74) is -0.905. The van der Waals surface area contributed by atoms with Crippen molar-refractivity contribution in [3.63, 3.8) is 0 Å². The van der Waals surface area contributed by atoms with Crippen LogP contribution in [0.4, 0.5) is 8.78 Å². The van der Waals surface area contributed by atoms with E-state index in [2.05, 4.69) is 0 Å². The molecule has 92 valence electrons. The van der Waals surface area contributed by atoms with Crippen molar-refractivity contribution >= 4 is 5.97 Å². The molecule has 0 unspecified atom stereocenters. The van der Waals surface area contributed by atoms with E-state index in [-0.39, 0.29) is 11.3 Å². The van der Waals surface area contributed by atoms with Crippen LogP contribution >= 0.6 is 0 Å². The Morgan fingerprint density at radius 2 is 2.06 bits per heavy atom. The highest BCUT2D eigenvalue weighted by Crippen LogP contribution is 2.48. The minimum atomic E-state index is -1.13. The van der Waals surface area contributed by atoms with Crippen LogP contribution in [0.15, 0.2) is 12.1 Å². The molecule has 3 nitrogen and oxygen atoms in total. The van der Waals surface area contributed by atoms with Crippen LogP contribution in [0.1, 0.15) is 24.8 Å². The summed E-state index contributed by atoms with van der Waals surface area (Å²) in [5, 5.41) is 9.25. The Morgan fingerprint density at radius 1 is 1.41 bits per heavy atom. The number of hydrogen-bond acceptors (Lipinski definition) is 2. The minimum Gasteiger partial charge on any atom is -0.493 e. The molecule has 1 aliphatic rings. The molecule has 0 aliphatic heterocycles. The summed E-state index contributed by atoms with van der Waals surface area (Å²) >= 11 is 0. The smallest absolute Gasteiger partial charge is 0.314 e. The third kappa shape index (κ3) is 1.57. The summed E-state index contributed by atoms with van der Waals surface area (Å²) in [7, 11) is 1.20. The fraction of sp³-hybridized carbons (Fsp3) is 0.417. The molecule has 5 heteroatoms. The van der Waals surface area contributed by atoms with E-state index in [9.17, 15) is 18.7 Å². The van der Waals surface area contributed by atoms with Gasteiger partial charge in [-0.2, -0.15) is 4.39 Å². The summed E-state index contributed by atoms with van der Waals surface area (Å²) < 4.78 is 31.4. The number of hydrogen-bond donors (Lipinski definition) is 1. The molecule has 1 aromatic rings. The first-order chi connectivity index (χ1) is 8.03. The molecule has 0 bridgehead atoms. The maximum absolute atomic E-state index is 13.5. The number of rotatable bonds is 3. The predicted octanol–water partition coefficient (Wildman–Crippen LogP) is 2.48. The van der Waals surface area contributed by atoms with Crippen molar-refractivity contribution in [1.29, 1.82) is 0 Å². The quantitative estimate of drug-likeness (QED) is 0.885. The molecule has 0 radical (unpaired) electrons. The predicted molar refractivity (Wildman–Crippen MR) is 56.1 cm³/mol. The Balaban J connectivity index is 2.59. The van der Waals surface area contributed by atoms with Crippen molar-refractivity contribution < 1.29 is 23.4 Å². The number of halogens is 2. The average molecular weight is 242 g/mol. The molecule has 0 amide bonds. The fourth-order valence-electron chi connectivity index (χ4n) is 2.24. The van der Waals surface area contributed by atoms with Gasteiger partial charge >= 0.3 is 5.97 Å². The lowest BCUT2D eigenvalue weighted by molar-refractivity contribution is -0.147. The van der Waals surface area contributed by atoms with E-state index in [1.165, 1.54) is 13.2 Å². The SMILES string of the molecule is COc1c(C2(C(=O)O)CCC2)ccc(F)c1F. The normalized spacial score (nSPS) is 17.4. The summed E-state index contributed by atoms with van der Waals surface area (Å²) in [4.78, 5) is 11.3. The second kappa shape index (κ2) is 3.98. The van der Waals surface area contributed by atoms with E-state index >= 15 is 0 Å². The van der Waals surface area contributed by atoms with Gasteiger partial charge in [0.25, 0.3) is 0 Å². The van der Waals surface area contributed by atoms with Crippen molar-refractivity contribution in [1.82, 2.24) is 0 Å². The molecule has 1 aromatic carbocycles. The van der Waals surface area contributed by atoms with E-state index < -0.39 is 23.0 Å². The van der Waals surface area contributed by atoms with Crippen LogP contribution < -0.4 is 4.74 Å². The van der Waals surface area contributed by atoms with Crippen molar-refractivity contribution in [3.8, 4) is 5.75 Å². The number of carboxylic acid groups (broad SMARTS) is 1. The lowest BCUT2D eigenvalue weighted by Crippen LogP contribution is -2.42. The molecule has 0 saturated heterocycles. The minimum absolute atomic E-state index is 0.220. The lowest BCUT2D eigenvalue weighted by atomic mass is 9.64. The molecular weight excluding hydrogens is 230 g/mol. The maximum Gasteiger partial charge on any atom is 0.314 e. The average Bonchev–Trinajstić information content (AvgIpc) is 2.21. The zero-order valence-electron chi connectivity index (χ0n) is 9.30. The third-order valence-corrected chi connectivity index (χ3v) is 3.39. The van der Waals surface area contributed by atoms with Crippen molar-refractivity contribution in [2.75, 3.05) is 7.11 Å². The molecule has 2 rings (SSSR count). The number of carbonyl (C=O) groups is 1. The topological polar surface area (TPSA) is 46.5 Å². The summed E-state index contributed by atoms with van der Waals surface area (Å²) in [6.07, 6.45) is 1.60. The van der Waals surface area contributed by atoms with Crippen molar-refractivity contribution in [2.24, 2.45) is 0 Å². The standard InChI is InChI=1S/C12H12F2O3/c1-17-10-7(3-4-8(13)9(10)14)12(11(15)16)5-2-6-12/h3-4H,2,5-6H2,1H3,(H,15,16). The largest absolute Gasteiger partial charge is 0.493 e. The van der Waals surface area contributed by atoms with Crippen molar-refractivity contribution in [3.05, 3.63) is 29.3 Å². The van der Waals surface area contributed by atoms with Crippen LogP contribution in [-0.4, -0.2) is 18.2 Å². The van der Waals surface area contributed by atoms with E-state index in [0.29, 0.717) is 12.8 Å². The zero-order valence-corrected chi connectivity index (χ0v) is 9.30. The Morgan fingerprint density at radius 3 is 2.47 bits per heavy atom. The van der Waals surface area contributed by atoms with Crippen LogP contribution in [0.5, 0.6) is 5.75 Å². The Labute approximate surface area is 97.0 Å². The highest BCUT2D eigenvalue weighted by atomic mass is 19.2. The van der Waals surface area contributed by atoms with Gasteiger partial charge < -0.3 is 9.84 Å². The fourth-order valence-corrected chi connectivity index (χ4v) is 2.24. The van der Waals surface area contributed by atoms with Gasteiger partial charge in [0.05, 0.1) is 12.5 Å². The van der Waals surface area contributed by atoms with E-state index in [0.717, 1.165) is 12.5 Å². The van der Waals surface area contributed by atoms with E-state index in [4.69, 9.17) is 4.74 Å². The maximum atomic E-state index is 13.5. The van der Waals surface area contributed by atoms with Gasteiger partial charge in [-0.05, 0) is 18.9 Å². The first-order valence-corrected chi connectivity index (χ1v) is 5.29. The second-order valence-corrected chi connectivity index (χ2v) is 4.18. The monoisotopic (exact) mass is 242 g/mol. The first-order valence-electron chi connectivity index (χ1n) is 5.29. The Hall–Kier alpha value is -1.65. The zero-order chi connectivity index (χ0) is 12.6. The van der Waals surface area contributed by atoms with Gasteiger partial charge in [-0.25, -0.2) is 4.39 Å². The molecule has 1 N–H and O–H groups in total. The second-order valence-electron chi connectivity index (χ2n) is 4.18. The highest BCUT2D eigenvalue weighted by molar-refractivity contribution is 5.83. The van der Waals surface area contributed by atoms with E-state index in [1.807, 2.05) is 0 Å². The van der Waals surface area contributed by atoms with E-state index in [1.54, 1.807) is 0 Å². The van der Waals surface area contributed by atoms with Crippen LogP contribution in [-0.2, 0) is 10.2 Å². The molecule has 0 atom stereocenters. The van der Waals surface area contributed by atoms with Gasteiger partial charge in [-0.1, -0.05) is 12.5 Å². The van der Waals surface area contributed by atoms with Crippen LogP contribution in [0, 0.1) is 11.6 Å². The highest BCUT2D eigenvalue weighted by Gasteiger charge is 2.48. The lowest BCUT2D eigenvalue weighted by Gasteiger charge is -2.38. The number of ether oxygens (including phenoxy) is 1. The van der Waals surface area contributed by atoms with Crippen LogP contribution in [0.3, 0.4) is 0 Å². The summed E-state index contributed by atoms with van der Waals surface area (Å²) in [5.74, 6) is -3.48. The molecule has 0 aromatic heterocycles. The molecular formula is C12H12F2O3. The van der Waals surface area contributed by atoms with Crippen LogP contribution in [0.25, 0.3) is 0 Å². The first kappa shape index (κ1) is 11.8. The Kier molecular flexibility index (Phi) is 2.77. The van der Waals surface area contributed by atoms with Crippen LogP contribution in [0.2, 0.25) is 0 Å². The van der Waals surface area contributed by atoms with Gasteiger partial charge in [0.1, 0.15) is 0 Å². The molecule has 17 heavy (non-hydrogen) atoms. The van der Waals surface area contributed by atoms with Crippen molar-refractivity contribution in [2.45, 2.75) is 24.7 Å².